The van der Waals surface area contributed by atoms with E-state index in [9.17, 15) is 29.6 Å². The van der Waals surface area contributed by atoms with Crippen LogP contribution < -0.4 is 17.0 Å². The van der Waals surface area contributed by atoms with Crippen molar-refractivity contribution in [2.45, 2.75) is 49.5 Å². The topological polar surface area (TPSA) is 303 Å². The second-order valence-corrected chi connectivity index (χ2v) is 11.1. The number of fused-ring (bicyclic) bond motifs is 2. The van der Waals surface area contributed by atoms with E-state index in [0.29, 0.717) is 0 Å². The van der Waals surface area contributed by atoms with Gasteiger partial charge in [-0.05, 0) is 0 Å². The van der Waals surface area contributed by atoms with Gasteiger partial charge in [0.1, 0.15) is 36.3 Å². The van der Waals surface area contributed by atoms with Gasteiger partial charge in [0.2, 0.25) is 5.95 Å². The molecule has 21 nitrogen and oxygen atoms in total. The van der Waals surface area contributed by atoms with Crippen LogP contribution in [0.25, 0.3) is 22.3 Å². The lowest BCUT2D eigenvalue weighted by Crippen LogP contribution is -2.36. The van der Waals surface area contributed by atoms with Gasteiger partial charge in [-0.1, -0.05) is 0 Å². The van der Waals surface area contributed by atoms with Crippen molar-refractivity contribution < 1.29 is 48.2 Å². The third-order valence-corrected chi connectivity index (χ3v) is 7.72. The van der Waals surface area contributed by atoms with E-state index in [0.717, 1.165) is 0 Å². The van der Waals surface area contributed by atoms with Gasteiger partial charge in [-0.15, -0.1) is 0 Å². The fraction of sp³-hybridized carbons (Fsp3) is 0.500. The van der Waals surface area contributed by atoms with Gasteiger partial charge < -0.3 is 50.6 Å². The van der Waals surface area contributed by atoms with Gasteiger partial charge in [-0.2, -0.15) is 4.98 Å². The molecule has 2 saturated heterocycles. The first-order chi connectivity index (χ1) is 20.0. The summed E-state index contributed by atoms with van der Waals surface area (Å²) >= 11 is 0. The summed E-state index contributed by atoms with van der Waals surface area (Å²) in [5, 5.41) is 32.0. The summed E-state index contributed by atoms with van der Waals surface area (Å²) in [6.07, 6.45) is -9.26. The minimum Gasteiger partial charge on any atom is -0.385 e. The van der Waals surface area contributed by atoms with Crippen molar-refractivity contribution in [1.82, 2.24) is 39.0 Å². The standard InChI is InChI=1S/C20H25N10O11P/c1-37-19-11(10(33)17(40-19)30-4-26-7-14(30)27-20(22)28-15(7)34)41-42(35,36)5-38-18-9(32)8(31)16(39-18)29-3-25-6-12(21)23-2-24-13(6)29/h2-4,8-11,16-19,31-33H,5H2,1H3,(H,35,36)(H2,21,23,24)(H3,22,27,28,34)/t8-,9+,10-,11+,16+,17+,18-,19-/m0/s1. The molecule has 2 fully saturated rings. The number of anilines is 2. The zero-order chi connectivity index (χ0) is 29.9. The third-order valence-electron chi connectivity index (χ3n) is 6.67. The number of nitrogens with one attached hydrogen (secondary N) is 1. The van der Waals surface area contributed by atoms with E-state index < -0.39 is 69.0 Å². The number of nitrogens with two attached hydrogens (primary N) is 2. The molecule has 1 unspecified atom stereocenters. The molecule has 2 aliphatic rings. The Morgan fingerprint density at radius 1 is 0.976 bits per heavy atom. The normalized spacial score (nSPS) is 31.3. The summed E-state index contributed by atoms with van der Waals surface area (Å²) in [4.78, 5) is 44.9. The first-order valence-electron chi connectivity index (χ1n) is 12.1. The third kappa shape index (κ3) is 4.80. The minimum atomic E-state index is -4.71. The number of nitrogen functional groups attached to an aromatic ring is 2. The number of H-pyrrole nitrogens is 1. The fourth-order valence-corrected chi connectivity index (χ4v) is 5.72. The molecule has 9 N–H and O–H groups in total. The number of ether oxygens (including phenoxy) is 4. The van der Waals surface area contributed by atoms with E-state index >= 15 is 0 Å². The number of nitrogens with zero attached hydrogens (tertiary/aromatic N) is 7. The SMILES string of the molecule is CO[C@H]1O[C@@H](n2cnc3c(=O)[nH]c(N)nc32)[C@@H](O)[C@H]1OP(=O)(O)CO[C@H]1O[C@@H](n2cnc3c(N)ncnc32)[C@@H](O)[C@H]1O. The van der Waals surface area contributed by atoms with Gasteiger partial charge in [-0.3, -0.25) is 28.0 Å². The van der Waals surface area contributed by atoms with Gasteiger partial charge in [0.15, 0.2) is 54.0 Å². The molecular weight excluding hydrogens is 587 g/mol. The van der Waals surface area contributed by atoms with Crippen molar-refractivity contribution in [3.05, 3.63) is 29.3 Å². The van der Waals surface area contributed by atoms with Gasteiger partial charge in [0.25, 0.3) is 5.56 Å². The molecule has 0 radical (unpaired) electrons. The molecule has 0 amide bonds. The number of rotatable bonds is 8. The number of imidazole rings is 2. The highest BCUT2D eigenvalue weighted by molar-refractivity contribution is 7.52. The summed E-state index contributed by atoms with van der Waals surface area (Å²) in [6, 6.07) is 0. The number of methoxy groups -OCH3 is 1. The van der Waals surface area contributed by atoms with E-state index in [1.54, 1.807) is 0 Å². The monoisotopic (exact) mass is 612 g/mol. The average molecular weight is 612 g/mol. The molecule has 0 bridgehead atoms. The van der Waals surface area contributed by atoms with Crippen molar-refractivity contribution in [3.63, 3.8) is 0 Å². The smallest absolute Gasteiger partial charge is 0.354 e. The largest absolute Gasteiger partial charge is 0.385 e. The predicted octanol–water partition coefficient (Wildman–Crippen LogP) is -2.89. The maximum Gasteiger partial charge on any atom is 0.354 e. The molecule has 6 rings (SSSR count). The van der Waals surface area contributed by atoms with Crippen LogP contribution in [0.2, 0.25) is 0 Å². The Morgan fingerprint density at radius 3 is 2.38 bits per heavy atom. The van der Waals surface area contributed by atoms with E-state index in [1.807, 2.05) is 0 Å². The second kappa shape index (κ2) is 10.6. The summed E-state index contributed by atoms with van der Waals surface area (Å²) in [5.74, 6) is -0.125. The van der Waals surface area contributed by atoms with Crippen LogP contribution in [0, 0.1) is 0 Å². The molecule has 9 atom stereocenters. The van der Waals surface area contributed by atoms with Crippen LogP contribution in [0.1, 0.15) is 12.5 Å². The van der Waals surface area contributed by atoms with Crippen LogP contribution in [0.4, 0.5) is 11.8 Å². The maximum absolute atomic E-state index is 13.0. The molecule has 22 heteroatoms. The van der Waals surface area contributed by atoms with Crippen molar-refractivity contribution in [1.29, 1.82) is 0 Å². The molecule has 0 spiro atoms. The minimum absolute atomic E-state index is 0.0216. The van der Waals surface area contributed by atoms with Gasteiger partial charge in [-0.25, -0.2) is 19.9 Å². The Kier molecular flexibility index (Phi) is 7.17. The number of hydrogen-bond acceptors (Lipinski definition) is 17. The quantitative estimate of drug-likeness (QED) is 0.0982. The van der Waals surface area contributed by atoms with Crippen LogP contribution in [0.3, 0.4) is 0 Å². The summed E-state index contributed by atoms with van der Waals surface area (Å²) in [5.41, 5.74) is 11.1. The van der Waals surface area contributed by atoms with Gasteiger partial charge in [0.05, 0.1) is 12.7 Å². The van der Waals surface area contributed by atoms with Crippen LogP contribution >= 0.6 is 7.60 Å². The lowest BCUT2D eigenvalue weighted by molar-refractivity contribution is -0.171. The van der Waals surface area contributed by atoms with Crippen LogP contribution in [-0.2, 0) is 28.0 Å². The van der Waals surface area contributed by atoms with E-state index in [4.69, 9.17) is 34.9 Å². The zero-order valence-corrected chi connectivity index (χ0v) is 22.3. The Bertz CT molecular complexity index is 1730. The van der Waals surface area contributed by atoms with E-state index in [-0.39, 0.29) is 34.1 Å². The number of aliphatic hydroxyl groups is 3. The Morgan fingerprint density at radius 2 is 1.64 bits per heavy atom. The summed E-state index contributed by atoms with van der Waals surface area (Å²) in [6.45, 7) is 0. The molecule has 42 heavy (non-hydrogen) atoms. The summed E-state index contributed by atoms with van der Waals surface area (Å²) in [7, 11) is -3.49. The molecule has 226 valence electrons. The molecule has 4 aromatic rings. The molecule has 0 aromatic carbocycles. The Labute approximate surface area is 233 Å². The molecular formula is C20H25N10O11P. The second-order valence-electron chi connectivity index (χ2n) is 9.36. The number of aliphatic hydroxyl groups excluding tert-OH is 3. The Balaban J connectivity index is 1.15. The highest BCUT2D eigenvalue weighted by atomic mass is 31.2. The molecule has 6 heterocycles. The highest BCUT2D eigenvalue weighted by Gasteiger charge is 2.50. The van der Waals surface area contributed by atoms with Crippen LogP contribution in [0.15, 0.2) is 23.8 Å². The summed E-state index contributed by atoms with van der Waals surface area (Å²) < 4.78 is 42.5. The van der Waals surface area contributed by atoms with E-state index in [2.05, 4.69) is 29.9 Å². The molecule has 4 aromatic heterocycles. The highest BCUT2D eigenvalue weighted by Crippen LogP contribution is 2.48. The molecule has 0 aliphatic carbocycles. The van der Waals surface area contributed by atoms with Crippen molar-refractivity contribution in [3.8, 4) is 0 Å². The number of aromatic amines is 1. The fourth-order valence-electron chi connectivity index (χ4n) is 4.72. The lowest BCUT2D eigenvalue weighted by Gasteiger charge is -2.24. The Hall–Kier alpha value is -3.63. The maximum atomic E-state index is 13.0. The zero-order valence-electron chi connectivity index (χ0n) is 21.4. The van der Waals surface area contributed by atoms with Crippen molar-refractivity contribution in [2.24, 2.45) is 0 Å². The van der Waals surface area contributed by atoms with Crippen LogP contribution in [-0.4, -0.2) is 110 Å². The number of aromatic nitrogens is 8. The molecule has 0 saturated carbocycles. The van der Waals surface area contributed by atoms with Gasteiger partial charge in [0, 0.05) is 7.11 Å². The first-order valence-corrected chi connectivity index (χ1v) is 13.9. The molecule has 2 aliphatic heterocycles. The first kappa shape index (κ1) is 28.5. The predicted molar refractivity (Wildman–Crippen MR) is 136 cm³/mol. The number of hydrogen-bond donors (Lipinski definition) is 7. The van der Waals surface area contributed by atoms with Crippen molar-refractivity contribution in [2.75, 3.05) is 24.9 Å². The lowest BCUT2D eigenvalue weighted by atomic mass is 10.2. The van der Waals surface area contributed by atoms with Crippen LogP contribution in [0.5, 0.6) is 0 Å². The van der Waals surface area contributed by atoms with E-state index in [1.165, 1.54) is 35.2 Å². The van der Waals surface area contributed by atoms with Crippen molar-refractivity contribution >= 4 is 41.7 Å². The van der Waals surface area contributed by atoms with Gasteiger partial charge >= 0.3 is 7.60 Å². The average Bonchev–Trinajstić information content (AvgIpc) is 3.69.